The molecule has 0 aliphatic heterocycles. The monoisotopic (exact) mass is 1050 g/mol. The molecular formula is C70H114O6. The quantitative estimate of drug-likeness (QED) is 0.0261. The maximum Gasteiger partial charge on any atom is 0.306 e. The lowest BCUT2D eigenvalue weighted by Crippen LogP contribution is -2.30. The van der Waals surface area contributed by atoms with Crippen molar-refractivity contribution in [2.75, 3.05) is 13.2 Å². The van der Waals surface area contributed by atoms with Gasteiger partial charge in [-0.25, -0.2) is 0 Å². The first-order valence-electron chi connectivity index (χ1n) is 31.2. The predicted molar refractivity (Wildman–Crippen MR) is 329 cm³/mol. The van der Waals surface area contributed by atoms with Crippen LogP contribution in [0, 0.1) is 0 Å². The summed E-state index contributed by atoms with van der Waals surface area (Å²) in [6, 6.07) is 0. The second-order valence-corrected chi connectivity index (χ2v) is 20.2. The average Bonchev–Trinajstić information content (AvgIpc) is 3.42. The molecule has 0 heterocycles. The first kappa shape index (κ1) is 71.5. The molecule has 0 amide bonds. The van der Waals surface area contributed by atoms with Crippen molar-refractivity contribution in [3.63, 3.8) is 0 Å². The number of hydrogen-bond donors (Lipinski definition) is 0. The van der Waals surface area contributed by atoms with Crippen LogP contribution in [0.2, 0.25) is 0 Å². The van der Waals surface area contributed by atoms with Crippen LogP contribution in [0.4, 0.5) is 0 Å². The Morgan fingerprint density at radius 2 is 0.539 bits per heavy atom. The minimum atomic E-state index is -0.832. The third-order valence-corrected chi connectivity index (χ3v) is 12.9. The zero-order valence-electron chi connectivity index (χ0n) is 49.2. The van der Waals surface area contributed by atoms with Crippen LogP contribution >= 0.6 is 0 Å². The molecule has 6 nitrogen and oxygen atoms in total. The first-order valence-corrected chi connectivity index (χ1v) is 31.2. The fourth-order valence-electron chi connectivity index (χ4n) is 8.32. The van der Waals surface area contributed by atoms with E-state index >= 15 is 0 Å². The van der Waals surface area contributed by atoms with Gasteiger partial charge >= 0.3 is 17.9 Å². The molecule has 6 heteroatoms. The van der Waals surface area contributed by atoms with Gasteiger partial charge in [0, 0.05) is 19.3 Å². The van der Waals surface area contributed by atoms with Crippen molar-refractivity contribution in [1.82, 2.24) is 0 Å². The van der Waals surface area contributed by atoms with E-state index in [0.717, 1.165) is 128 Å². The summed E-state index contributed by atoms with van der Waals surface area (Å²) in [5.74, 6) is -1.02. The van der Waals surface area contributed by atoms with Crippen LogP contribution in [-0.4, -0.2) is 37.2 Å². The molecule has 0 spiro atoms. The Labute approximate surface area is 468 Å². The van der Waals surface area contributed by atoms with E-state index in [-0.39, 0.29) is 31.6 Å². The molecule has 76 heavy (non-hydrogen) atoms. The zero-order valence-corrected chi connectivity index (χ0v) is 49.2. The van der Waals surface area contributed by atoms with E-state index in [1.165, 1.54) is 96.3 Å². The van der Waals surface area contributed by atoms with E-state index in [0.29, 0.717) is 19.3 Å². The van der Waals surface area contributed by atoms with Gasteiger partial charge in [-0.05, 0) is 103 Å². The van der Waals surface area contributed by atoms with Gasteiger partial charge in [0.1, 0.15) is 13.2 Å². The molecule has 0 bridgehead atoms. The number of esters is 3. The lowest BCUT2D eigenvalue weighted by molar-refractivity contribution is -0.166. The highest BCUT2D eigenvalue weighted by Gasteiger charge is 2.19. The maximum atomic E-state index is 12.9. The number of carbonyl (C=O) groups excluding carboxylic acids is 3. The fourth-order valence-corrected chi connectivity index (χ4v) is 8.32. The Morgan fingerprint density at radius 1 is 0.276 bits per heavy atom. The van der Waals surface area contributed by atoms with E-state index < -0.39 is 12.1 Å². The summed E-state index contributed by atoms with van der Waals surface area (Å²) in [4.78, 5) is 38.3. The smallest absolute Gasteiger partial charge is 0.306 e. The van der Waals surface area contributed by atoms with E-state index in [4.69, 9.17) is 14.2 Å². The topological polar surface area (TPSA) is 78.9 Å². The van der Waals surface area contributed by atoms with Crippen LogP contribution in [0.25, 0.3) is 0 Å². The van der Waals surface area contributed by atoms with Crippen molar-refractivity contribution >= 4 is 17.9 Å². The molecule has 0 saturated carbocycles. The third-order valence-electron chi connectivity index (χ3n) is 12.9. The predicted octanol–water partition coefficient (Wildman–Crippen LogP) is 21.4. The molecule has 430 valence electrons. The van der Waals surface area contributed by atoms with Gasteiger partial charge in [0.25, 0.3) is 0 Å². The molecule has 1 unspecified atom stereocenters. The maximum absolute atomic E-state index is 12.9. The standard InChI is InChI=1S/C70H114O6/c1-4-7-10-13-16-19-22-25-28-31-34-35-37-39-42-45-48-51-54-57-60-63-69(72)75-66-67(65-74-68(71)62-59-56-53-50-47-44-41-38-33-30-27-24-21-18-15-12-9-6-3)76-70(73)64-61-58-55-52-49-46-43-40-36-32-29-26-23-20-17-14-11-8-5-2/h7-8,10-11,16-17,19-20,25-26,28-29,34-36,39-40,42,46,49,55,58,67H,4-6,9,12-15,18,21-24,27,30-33,37-38,41,43-45,47-48,50-54,56-57,59-66H2,1-3H3/b10-7-,11-8-,19-16-,20-17-,28-25-,29-26-,35-34-,40-36-,42-39-,49-46-,58-55-. The van der Waals surface area contributed by atoms with Gasteiger partial charge in [-0.2, -0.15) is 0 Å². The van der Waals surface area contributed by atoms with Crippen molar-refractivity contribution in [2.45, 2.75) is 277 Å². The summed E-state index contributed by atoms with van der Waals surface area (Å²) in [6.45, 7) is 6.35. The summed E-state index contributed by atoms with van der Waals surface area (Å²) >= 11 is 0. The summed E-state index contributed by atoms with van der Waals surface area (Å²) in [5, 5.41) is 0. The van der Waals surface area contributed by atoms with Gasteiger partial charge < -0.3 is 14.2 Å². The number of unbranched alkanes of at least 4 members (excludes halogenated alkanes) is 22. The minimum Gasteiger partial charge on any atom is -0.462 e. The number of carbonyl (C=O) groups is 3. The Balaban J connectivity index is 4.54. The summed E-state index contributed by atoms with van der Waals surface area (Å²) in [6.07, 6.45) is 88.9. The molecule has 0 aromatic carbocycles. The van der Waals surface area contributed by atoms with Crippen molar-refractivity contribution in [3.8, 4) is 0 Å². The van der Waals surface area contributed by atoms with Crippen LogP contribution < -0.4 is 0 Å². The van der Waals surface area contributed by atoms with Gasteiger partial charge in [0.2, 0.25) is 0 Å². The molecule has 0 rings (SSSR count). The SMILES string of the molecule is CC/C=C\C/C=C\C/C=C\C/C=C\C/C=C\C/C=C\CCC(=O)OC(COC(=O)CCCCCCC/C=C\C/C=C\C/C=C\C/C=C\C/C=C\CC)COC(=O)CCCCCCCCCCCCCCCCCCCC. The highest BCUT2D eigenvalue weighted by molar-refractivity contribution is 5.71. The van der Waals surface area contributed by atoms with Gasteiger partial charge in [-0.1, -0.05) is 283 Å². The van der Waals surface area contributed by atoms with Crippen LogP contribution in [0.15, 0.2) is 134 Å². The third kappa shape index (κ3) is 60.4. The highest BCUT2D eigenvalue weighted by Crippen LogP contribution is 2.16. The highest BCUT2D eigenvalue weighted by atomic mass is 16.6. The van der Waals surface area contributed by atoms with E-state index in [2.05, 4.69) is 148 Å². The van der Waals surface area contributed by atoms with E-state index in [9.17, 15) is 14.4 Å². The lowest BCUT2D eigenvalue weighted by atomic mass is 10.0. The summed E-state index contributed by atoms with van der Waals surface area (Å²) in [7, 11) is 0. The fraction of sp³-hybridized carbons (Fsp3) is 0.643. The summed E-state index contributed by atoms with van der Waals surface area (Å²) < 4.78 is 16.8. The zero-order chi connectivity index (χ0) is 55.0. The van der Waals surface area contributed by atoms with Crippen molar-refractivity contribution in [2.24, 2.45) is 0 Å². The second-order valence-electron chi connectivity index (χ2n) is 20.2. The summed E-state index contributed by atoms with van der Waals surface area (Å²) in [5.41, 5.74) is 0. The molecule has 0 aromatic rings. The van der Waals surface area contributed by atoms with Gasteiger partial charge in [0.15, 0.2) is 6.10 Å². The molecule has 0 N–H and O–H groups in total. The number of ether oxygens (including phenoxy) is 3. The van der Waals surface area contributed by atoms with Crippen LogP contribution in [0.5, 0.6) is 0 Å². The lowest BCUT2D eigenvalue weighted by Gasteiger charge is -2.18. The van der Waals surface area contributed by atoms with Crippen molar-refractivity contribution < 1.29 is 28.6 Å². The number of hydrogen-bond acceptors (Lipinski definition) is 6. The minimum absolute atomic E-state index is 0.116. The molecule has 0 saturated heterocycles. The molecule has 0 aliphatic carbocycles. The normalized spacial score (nSPS) is 13.0. The Hall–Kier alpha value is -4.45. The van der Waals surface area contributed by atoms with Crippen LogP contribution in [-0.2, 0) is 28.6 Å². The Kier molecular flexibility index (Phi) is 59.4. The number of allylic oxidation sites excluding steroid dienone is 22. The molecule has 0 aromatic heterocycles. The Morgan fingerprint density at radius 3 is 0.855 bits per heavy atom. The largest absolute Gasteiger partial charge is 0.462 e. The van der Waals surface area contributed by atoms with E-state index in [1.54, 1.807) is 0 Å². The molecule has 0 fully saturated rings. The molecule has 0 aliphatic rings. The molecule has 1 atom stereocenters. The van der Waals surface area contributed by atoms with E-state index in [1.807, 2.05) is 6.08 Å². The molecule has 0 radical (unpaired) electrons. The second kappa shape index (κ2) is 63.1. The van der Waals surface area contributed by atoms with Crippen molar-refractivity contribution in [1.29, 1.82) is 0 Å². The number of rotatable bonds is 55. The van der Waals surface area contributed by atoms with Crippen LogP contribution in [0.3, 0.4) is 0 Å². The van der Waals surface area contributed by atoms with Gasteiger partial charge in [0.05, 0.1) is 0 Å². The average molecular weight is 1050 g/mol. The first-order chi connectivity index (χ1) is 37.5. The van der Waals surface area contributed by atoms with Gasteiger partial charge in [-0.3, -0.25) is 14.4 Å². The Bertz CT molecular complexity index is 1630. The van der Waals surface area contributed by atoms with Crippen LogP contribution in [0.1, 0.15) is 271 Å². The van der Waals surface area contributed by atoms with Crippen molar-refractivity contribution in [3.05, 3.63) is 134 Å². The molecular weight excluding hydrogens is 937 g/mol. The van der Waals surface area contributed by atoms with Gasteiger partial charge in [-0.15, -0.1) is 0 Å².